The molecule has 0 radical (unpaired) electrons. The van der Waals surface area contributed by atoms with Crippen LogP contribution in [0.25, 0.3) is 105 Å². The van der Waals surface area contributed by atoms with Gasteiger partial charge < -0.3 is 17.8 Å². The molecule has 0 atom stereocenters. The topological polar surface area (TPSA) is 57.2 Å². The fraction of sp³-hybridized carbons (Fsp3) is 0. The number of hydrogen-bond acceptors (Lipinski definition) is 4. The van der Waals surface area contributed by atoms with Crippen LogP contribution >= 0.6 is 0 Å². The van der Waals surface area contributed by atoms with Gasteiger partial charge in [0.2, 0.25) is 5.89 Å². The van der Waals surface area contributed by atoms with Crippen molar-refractivity contribution in [1.82, 2.24) is 9.55 Å². The highest BCUT2D eigenvalue weighted by Gasteiger charge is 2.23. The second kappa shape index (κ2) is 8.65. The molecule has 4 heterocycles. The molecule has 5 heteroatoms. The smallest absolute Gasteiger partial charge is 0.227 e. The minimum absolute atomic E-state index is 0.577. The Hall–Kier alpha value is -6.33. The van der Waals surface area contributed by atoms with Crippen LogP contribution in [-0.4, -0.2) is 9.55 Å². The van der Waals surface area contributed by atoms with Gasteiger partial charge in [-0.1, -0.05) is 72.8 Å². The minimum atomic E-state index is 0.577. The van der Waals surface area contributed by atoms with Crippen molar-refractivity contribution in [3.05, 3.63) is 133 Å². The van der Waals surface area contributed by atoms with Crippen LogP contribution in [-0.2, 0) is 0 Å². The molecule has 0 bridgehead atoms. The molecule has 7 aromatic carbocycles. The lowest BCUT2D eigenvalue weighted by Gasteiger charge is -2.12. The molecule has 4 aromatic heterocycles. The first-order valence-electron chi connectivity index (χ1n) is 15.4. The number of para-hydroxylation sites is 4. The quantitative estimate of drug-likeness (QED) is 0.201. The molecule has 0 fully saturated rings. The van der Waals surface area contributed by atoms with Gasteiger partial charge in [0.05, 0.1) is 16.7 Å². The number of rotatable bonds is 2. The second-order valence-corrected chi connectivity index (χ2v) is 11.9. The molecular formula is C41H22N2O3. The lowest BCUT2D eigenvalue weighted by molar-refractivity contribution is 0.619. The Morgan fingerprint density at radius 2 is 1.24 bits per heavy atom. The predicted octanol–water partition coefficient (Wildman–Crippen LogP) is 11.5. The maximum atomic E-state index is 6.88. The molecule has 11 rings (SSSR count). The molecule has 214 valence electrons. The summed E-state index contributed by atoms with van der Waals surface area (Å²) >= 11 is 0. The zero-order chi connectivity index (χ0) is 29.9. The van der Waals surface area contributed by atoms with Crippen molar-refractivity contribution in [1.29, 1.82) is 0 Å². The van der Waals surface area contributed by atoms with Gasteiger partial charge in [0.25, 0.3) is 0 Å². The van der Waals surface area contributed by atoms with E-state index in [0.29, 0.717) is 5.89 Å². The van der Waals surface area contributed by atoms with Crippen LogP contribution in [0.2, 0.25) is 0 Å². The molecule has 0 amide bonds. The van der Waals surface area contributed by atoms with Crippen LogP contribution in [0, 0.1) is 0 Å². The number of oxazole rings is 1. The summed E-state index contributed by atoms with van der Waals surface area (Å²) in [6.07, 6.45) is 0. The lowest BCUT2D eigenvalue weighted by atomic mass is 10.0. The van der Waals surface area contributed by atoms with Gasteiger partial charge >= 0.3 is 0 Å². The predicted molar refractivity (Wildman–Crippen MR) is 186 cm³/mol. The Morgan fingerprint density at radius 3 is 2.15 bits per heavy atom. The highest BCUT2D eigenvalue weighted by molar-refractivity contribution is 6.28. The molecule has 0 aliphatic carbocycles. The third-order valence-corrected chi connectivity index (χ3v) is 9.40. The summed E-state index contributed by atoms with van der Waals surface area (Å²) in [5.41, 5.74) is 9.11. The molecule has 11 aromatic rings. The van der Waals surface area contributed by atoms with Gasteiger partial charge in [0.15, 0.2) is 11.2 Å². The highest BCUT2D eigenvalue weighted by atomic mass is 16.4. The number of furan rings is 2. The molecule has 46 heavy (non-hydrogen) atoms. The van der Waals surface area contributed by atoms with Gasteiger partial charge in [-0.05, 0) is 66.0 Å². The standard InChI is InChI=1S/C41H22N2O3/c1-2-10-25-23(9-1)21-29-26-18-17-24(41-42-30-13-5-8-16-34(30)46-41)22-36(26)45-40(29)39(25)43-31-14-6-3-11-27(31)37-32(43)19-20-35-38(37)28-12-4-7-15-33(28)44-35/h1-22H. The largest absolute Gasteiger partial charge is 0.456 e. The number of nitrogens with zero attached hydrogens (tertiary/aromatic N) is 2. The van der Waals surface area contributed by atoms with Gasteiger partial charge in [-0.25, -0.2) is 4.98 Å². The number of aromatic nitrogens is 2. The van der Waals surface area contributed by atoms with Crippen molar-refractivity contribution in [3.63, 3.8) is 0 Å². The molecule has 0 N–H and O–H groups in total. The van der Waals surface area contributed by atoms with Crippen LogP contribution in [0.5, 0.6) is 0 Å². The monoisotopic (exact) mass is 590 g/mol. The molecule has 0 unspecified atom stereocenters. The summed E-state index contributed by atoms with van der Waals surface area (Å²) in [6.45, 7) is 0. The van der Waals surface area contributed by atoms with Gasteiger partial charge in [-0.3, -0.25) is 0 Å². The molecular weight excluding hydrogens is 568 g/mol. The van der Waals surface area contributed by atoms with E-state index in [4.69, 9.17) is 18.2 Å². The van der Waals surface area contributed by atoms with Crippen LogP contribution in [0.4, 0.5) is 0 Å². The number of benzene rings is 7. The van der Waals surface area contributed by atoms with E-state index >= 15 is 0 Å². The SMILES string of the molecule is c1ccc2c(-n3c4ccccc4c4c5c(ccc43)oc3ccccc35)c3oc4cc(-c5nc6ccccc6o5)ccc4c3cc2c1. The van der Waals surface area contributed by atoms with E-state index in [1.807, 2.05) is 42.5 Å². The Kier molecular flexibility index (Phi) is 4.52. The molecule has 0 aliphatic heterocycles. The van der Waals surface area contributed by atoms with Crippen molar-refractivity contribution in [3.8, 4) is 17.1 Å². The third-order valence-electron chi connectivity index (χ3n) is 9.40. The van der Waals surface area contributed by atoms with Crippen molar-refractivity contribution in [2.75, 3.05) is 0 Å². The molecule has 0 aliphatic rings. The fourth-order valence-corrected chi connectivity index (χ4v) is 7.42. The van der Waals surface area contributed by atoms with Gasteiger partial charge in [-0.2, -0.15) is 0 Å². The van der Waals surface area contributed by atoms with Crippen LogP contribution in [0.15, 0.2) is 147 Å². The Morgan fingerprint density at radius 1 is 0.457 bits per heavy atom. The molecule has 0 spiro atoms. The summed E-state index contributed by atoms with van der Waals surface area (Å²) in [5, 5.41) is 8.97. The Labute approximate surface area is 260 Å². The summed E-state index contributed by atoms with van der Waals surface area (Å²) < 4.78 is 21.7. The van der Waals surface area contributed by atoms with Crippen molar-refractivity contribution < 1.29 is 13.3 Å². The first kappa shape index (κ1) is 24.0. The van der Waals surface area contributed by atoms with E-state index in [2.05, 4.69) is 95.6 Å². The van der Waals surface area contributed by atoms with Crippen molar-refractivity contribution in [2.24, 2.45) is 0 Å². The van der Waals surface area contributed by atoms with E-state index in [0.717, 1.165) is 88.0 Å². The molecule has 5 nitrogen and oxygen atoms in total. The minimum Gasteiger partial charge on any atom is -0.456 e. The van der Waals surface area contributed by atoms with Gasteiger partial charge in [0.1, 0.15) is 22.3 Å². The Bertz CT molecular complexity index is 3010. The third kappa shape index (κ3) is 3.11. The zero-order valence-electron chi connectivity index (χ0n) is 24.3. The van der Waals surface area contributed by atoms with E-state index in [9.17, 15) is 0 Å². The summed E-state index contributed by atoms with van der Waals surface area (Å²) in [5.74, 6) is 0.577. The van der Waals surface area contributed by atoms with Crippen LogP contribution in [0.1, 0.15) is 0 Å². The summed E-state index contributed by atoms with van der Waals surface area (Å²) in [7, 11) is 0. The number of hydrogen-bond donors (Lipinski definition) is 0. The Balaban J connectivity index is 1.27. The molecule has 0 saturated carbocycles. The maximum absolute atomic E-state index is 6.88. The fourth-order valence-electron chi connectivity index (χ4n) is 7.42. The normalized spacial score (nSPS) is 12.3. The average Bonchev–Trinajstić information content (AvgIpc) is 3.87. The first-order valence-corrected chi connectivity index (χ1v) is 15.4. The van der Waals surface area contributed by atoms with Crippen LogP contribution in [0.3, 0.4) is 0 Å². The first-order chi connectivity index (χ1) is 22.8. The van der Waals surface area contributed by atoms with E-state index in [-0.39, 0.29) is 0 Å². The van der Waals surface area contributed by atoms with Crippen molar-refractivity contribution in [2.45, 2.75) is 0 Å². The van der Waals surface area contributed by atoms with Gasteiger partial charge in [0, 0.05) is 43.3 Å². The summed E-state index contributed by atoms with van der Waals surface area (Å²) in [4.78, 5) is 4.74. The summed E-state index contributed by atoms with van der Waals surface area (Å²) in [6, 6.07) is 46.1. The average molecular weight is 591 g/mol. The molecule has 0 saturated heterocycles. The van der Waals surface area contributed by atoms with E-state index < -0.39 is 0 Å². The number of fused-ring (bicyclic) bond motifs is 12. The maximum Gasteiger partial charge on any atom is 0.227 e. The van der Waals surface area contributed by atoms with Crippen molar-refractivity contribution >= 4 is 87.6 Å². The second-order valence-electron chi connectivity index (χ2n) is 11.9. The zero-order valence-corrected chi connectivity index (χ0v) is 24.3. The van der Waals surface area contributed by atoms with Crippen LogP contribution < -0.4 is 0 Å². The van der Waals surface area contributed by atoms with Gasteiger partial charge in [-0.15, -0.1) is 0 Å². The highest BCUT2D eigenvalue weighted by Crippen LogP contribution is 2.45. The van der Waals surface area contributed by atoms with E-state index in [1.54, 1.807) is 0 Å². The van der Waals surface area contributed by atoms with E-state index in [1.165, 1.54) is 10.8 Å². The lowest BCUT2D eigenvalue weighted by Crippen LogP contribution is -1.96.